The van der Waals surface area contributed by atoms with Crippen LogP contribution in [0.3, 0.4) is 0 Å². The van der Waals surface area contributed by atoms with Crippen LogP contribution in [0.5, 0.6) is 5.75 Å². The fourth-order valence-electron chi connectivity index (χ4n) is 2.73. The number of nitrogens with one attached hydrogen (secondary N) is 1. The van der Waals surface area contributed by atoms with Crippen molar-refractivity contribution in [2.45, 2.75) is 19.6 Å². The van der Waals surface area contributed by atoms with Crippen LogP contribution in [0, 0.1) is 5.92 Å². The van der Waals surface area contributed by atoms with Crippen molar-refractivity contribution in [2.75, 3.05) is 13.6 Å². The van der Waals surface area contributed by atoms with Crippen molar-refractivity contribution in [3.63, 3.8) is 0 Å². The van der Waals surface area contributed by atoms with Gasteiger partial charge in [0.15, 0.2) is 0 Å². The van der Waals surface area contributed by atoms with Gasteiger partial charge in [0.2, 0.25) is 11.8 Å². The van der Waals surface area contributed by atoms with Gasteiger partial charge in [-0.15, -0.1) is 0 Å². The fourth-order valence-corrected chi connectivity index (χ4v) is 2.73. The van der Waals surface area contributed by atoms with E-state index in [-0.39, 0.29) is 17.7 Å². The molecule has 2 amide bonds. The lowest BCUT2D eigenvalue weighted by molar-refractivity contribution is -0.128. The molecule has 0 aliphatic carbocycles. The van der Waals surface area contributed by atoms with E-state index >= 15 is 0 Å². The molecule has 3 rings (SSSR count). The summed E-state index contributed by atoms with van der Waals surface area (Å²) >= 11 is 0. The number of aromatic nitrogens is 1. The molecule has 1 aliphatic heterocycles. The van der Waals surface area contributed by atoms with Gasteiger partial charge in [-0.2, -0.15) is 0 Å². The van der Waals surface area contributed by atoms with E-state index < -0.39 is 0 Å². The Bertz CT molecular complexity index is 731. The Labute approximate surface area is 146 Å². The van der Waals surface area contributed by atoms with E-state index in [9.17, 15) is 9.59 Å². The Hall–Kier alpha value is -2.89. The van der Waals surface area contributed by atoms with Crippen LogP contribution in [-0.2, 0) is 22.7 Å². The first-order valence-electron chi connectivity index (χ1n) is 8.24. The SMILES string of the molecule is CN1C[C@@H](C(=O)NCc2ccc(OCc3cccnc3)cc2)CC1=O. The third-order valence-corrected chi connectivity index (χ3v) is 4.23. The maximum Gasteiger partial charge on any atom is 0.225 e. The van der Waals surface area contributed by atoms with Crippen molar-refractivity contribution in [1.82, 2.24) is 15.2 Å². The average Bonchev–Trinajstić information content (AvgIpc) is 2.98. The number of rotatable bonds is 6. The molecule has 1 aliphatic rings. The molecule has 2 heterocycles. The Morgan fingerprint density at radius 1 is 1.28 bits per heavy atom. The number of carbonyl (C=O) groups is 2. The Morgan fingerprint density at radius 3 is 2.72 bits per heavy atom. The Kier molecular flexibility index (Phi) is 5.28. The first-order chi connectivity index (χ1) is 12.1. The first-order valence-corrected chi connectivity index (χ1v) is 8.24. The summed E-state index contributed by atoms with van der Waals surface area (Å²) in [6.07, 6.45) is 3.80. The van der Waals surface area contributed by atoms with Gasteiger partial charge in [0.1, 0.15) is 12.4 Å². The molecule has 6 heteroatoms. The second-order valence-corrected chi connectivity index (χ2v) is 6.19. The van der Waals surface area contributed by atoms with Crippen molar-refractivity contribution in [3.8, 4) is 5.75 Å². The molecule has 0 radical (unpaired) electrons. The molecule has 130 valence electrons. The van der Waals surface area contributed by atoms with Crippen LogP contribution in [0.2, 0.25) is 0 Å². The highest BCUT2D eigenvalue weighted by Gasteiger charge is 2.31. The number of likely N-dealkylation sites (tertiary alicyclic amines) is 1. The highest BCUT2D eigenvalue weighted by molar-refractivity contribution is 5.89. The second kappa shape index (κ2) is 7.79. The van der Waals surface area contributed by atoms with Crippen LogP contribution in [0.25, 0.3) is 0 Å². The molecule has 0 spiro atoms. The molecule has 0 bridgehead atoms. The van der Waals surface area contributed by atoms with Crippen molar-refractivity contribution in [2.24, 2.45) is 5.92 Å². The van der Waals surface area contributed by atoms with Crippen molar-refractivity contribution >= 4 is 11.8 Å². The zero-order valence-corrected chi connectivity index (χ0v) is 14.1. The topological polar surface area (TPSA) is 71.5 Å². The maximum absolute atomic E-state index is 12.1. The molecule has 1 saturated heterocycles. The van der Waals surface area contributed by atoms with Crippen LogP contribution in [0.1, 0.15) is 17.5 Å². The zero-order valence-electron chi connectivity index (χ0n) is 14.1. The number of nitrogens with zero attached hydrogens (tertiary/aromatic N) is 2. The van der Waals surface area contributed by atoms with Crippen LogP contribution in [-0.4, -0.2) is 35.3 Å². The quantitative estimate of drug-likeness (QED) is 0.870. The molecule has 1 aromatic heterocycles. The number of amides is 2. The largest absolute Gasteiger partial charge is 0.489 e. The summed E-state index contributed by atoms with van der Waals surface area (Å²) in [5.41, 5.74) is 2.00. The number of hydrogen-bond donors (Lipinski definition) is 1. The normalized spacial score (nSPS) is 16.8. The average molecular weight is 339 g/mol. The second-order valence-electron chi connectivity index (χ2n) is 6.19. The van der Waals surface area contributed by atoms with Gasteiger partial charge in [-0.25, -0.2) is 0 Å². The molecule has 0 saturated carbocycles. The van der Waals surface area contributed by atoms with Crippen LogP contribution < -0.4 is 10.1 Å². The van der Waals surface area contributed by atoms with E-state index in [1.165, 1.54) is 0 Å². The standard InChI is InChI=1S/C19H21N3O3/c1-22-12-16(9-18(22)23)19(24)21-11-14-4-6-17(7-5-14)25-13-15-3-2-8-20-10-15/h2-8,10,16H,9,11-13H2,1H3,(H,21,24)/t16-/m0/s1. The monoisotopic (exact) mass is 339 g/mol. The third-order valence-electron chi connectivity index (χ3n) is 4.23. The smallest absolute Gasteiger partial charge is 0.225 e. The van der Waals surface area contributed by atoms with Crippen LogP contribution >= 0.6 is 0 Å². The summed E-state index contributed by atoms with van der Waals surface area (Å²) in [6.45, 7) is 1.40. The number of carbonyl (C=O) groups excluding carboxylic acids is 2. The van der Waals surface area contributed by atoms with Gasteiger partial charge >= 0.3 is 0 Å². The van der Waals surface area contributed by atoms with Crippen molar-refractivity contribution in [1.29, 1.82) is 0 Å². The van der Waals surface area contributed by atoms with Crippen LogP contribution in [0.4, 0.5) is 0 Å². The first kappa shape index (κ1) is 17.0. The summed E-state index contributed by atoms with van der Waals surface area (Å²) in [4.78, 5) is 29.3. The maximum atomic E-state index is 12.1. The minimum absolute atomic E-state index is 0.0234. The molecule has 0 unspecified atom stereocenters. The summed E-state index contributed by atoms with van der Waals surface area (Å²) < 4.78 is 5.71. The molecule has 1 N–H and O–H groups in total. The molecule has 1 aromatic carbocycles. The van der Waals surface area contributed by atoms with Gasteiger partial charge in [-0.05, 0) is 23.8 Å². The lowest BCUT2D eigenvalue weighted by Gasteiger charge is -2.11. The molecule has 1 fully saturated rings. The van der Waals surface area contributed by atoms with E-state index in [2.05, 4.69) is 10.3 Å². The minimum atomic E-state index is -0.250. The Morgan fingerprint density at radius 2 is 2.08 bits per heavy atom. The minimum Gasteiger partial charge on any atom is -0.489 e. The van der Waals surface area contributed by atoms with Gasteiger partial charge in [0, 0.05) is 44.5 Å². The van der Waals surface area contributed by atoms with E-state index in [4.69, 9.17) is 4.74 Å². The summed E-state index contributed by atoms with van der Waals surface area (Å²) in [6, 6.07) is 11.4. The molecule has 6 nitrogen and oxygen atoms in total. The van der Waals surface area contributed by atoms with Gasteiger partial charge < -0.3 is 15.0 Å². The lowest BCUT2D eigenvalue weighted by Crippen LogP contribution is -2.31. The van der Waals surface area contributed by atoms with Crippen molar-refractivity contribution < 1.29 is 14.3 Å². The number of pyridine rings is 1. The predicted octanol–water partition coefficient (Wildman–Crippen LogP) is 1.76. The lowest BCUT2D eigenvalue weighted by atomic mass is 10.1. The van der Waals surface area contributed by atoms with E-state index in [1.807, 2.05) is 36.4 Å². The van der Waals surface area contributed by atoms with E-state index in [0.29, 0.717) is 26.1 Å². The van der Waals surface area contributed by atoms with Crippen molar-refractivity contribution in [3.05, 3.63) is 59.9 Å². The summed E-state index contributed by atoms with van der Waals surface area (Å²) in [5, 5.41) is 2.89. The predicted molar refractivity (Wildman–Crippen MR) is 92.6 cm³/mol. The Balaban J connectivity index is 1.46. The molecule has 2 aromatic rings. The fraction of sp³-hybridized carbons (Fsp3) is 0.316. The summed E-state index contributed by atoms with van der Waals surface area (Å²) in [5.74, 6) is 0.464. The van der Waals surface area contributed by atoms with Crippen LogP contribution in [0.15, 0.2) is 48.8 Å². The third kappa shape index (κ3) is 4.56. The molecule has 25 heavy (non-hydrogen) atoms. The number of benzene rings is 1. The van der Waals surface area contributed by atoms with E-state index in [0.717, 1.165) is 16.9 Å². The van der Waals surface area contributed by atoms with Gasteiger partial charge in [-0.3, -0.25) is 14.6 Å². The highest BCUT2D eigenvalue weighted by atomic mass is 16.5. The highest BCUT2D eigenvalue weighted by Crippen LogP contribution is 2.17. The number of hydrogen-bond acceptors (Lipinski definition) is 4. The molecular weight excluding hydrogens is 318 g/mol. The molecule has 1 atom stereocenters. The number of ether oxygens (including phenoxy) is 1. The molecular formula is C19H21N3O3. The zero-order chi connectivity index (χ0) is 17.6. The van der Waals surface area contributed by atoms with Gasteiger partial charge in [-0.1, -0.05) is 18.2 Å². The van der Waals surface area contributed by atoms with Gasteiger partial charge in [0.05, 0.1) is 5.92 Å². The summed E-state index contributed by atoms with van der Waals surface area (Å²) in [7, 11) is 1.72. The van der Waals surface area contributed by atoms with E-state index in [1.54, 1.807) is 24.3 Å². The van der Waals surface area contributed by atoms with Gasteiger partial charge in [0.25, 0.3) is 0 Å².